The van der Waals surface area contributed by atoms with Crippen LogP contribution in [0.4, 0.5) is 10.5 Å². The number of fused-ring (bicyclic) bond motifs is 1. The van der Waals surface area contributed by atoms with Gasteiger partial charge in [-0.3, -0.25) is 4.68 Å². The SMILES string of the molecule is CCN(Cc1noc(C2CCC2)n1)C(=O)Nc1ccc2c(cnn2C)c1. The number of hydrogen-bond donors (Lipinski definition) is 1. The summed E-state index contributed by atoms with van der Waals surface area (Å²) in [5, 5.41) is 12.2. The molecule has 1 aliphatic rings. The number of amides is 2. The van der Waals surface area contributed by atoms with Crippen LogP contribution in [0.3, 0.4) is 0 Å². The molecule has 1 aliphatic carbocycles. The summed E-state index contributed by atoms with van der Waals surface area (Å²) >= 11 is 0. The lowest BCUT2D eigenvalue weighted by molar-refractivity contribution is 0.210. The Morgan fingerprint density at radius 3 is 3.00 bits per heavy atom. The number of benzene rings is 1. The van der Waals surface area contributed by atoms with Gasteiger partial charge < -0.3 is 14.7 Å². The fourth-order valence-electron chi connectivity index (χ4n) is 3.09. The van der Waals surface area contributed by atoms with Crippen molar-refractivity contribution < 1.29 is 9.32 Å². The highest BCUT2D eigenvalue weighted by Gasteiger charge is 2.26. The van der Waals surface area contributed by atoms with Crippen LogP contribution >= 0.6 is 0 Å². The molecule has 4 rings (SSSR count). The molecule has 0 atom stereocenters. The maximum Gasteiger partial charge on any atom is 0.322 e. The molecule has 1 aromatic carbocycles. The van der Waals surface area contributed by atoms with E-state index >= 15 is 0 Å². The van der Waals surface area contributed by atoms with E-state index in [0.29, 0.717) is 30.7 Å². The van der Waals surface area contributed by atoms with Gasteiger partial charge in [0.1, 0.15) is 0 Å². The molecule has 1 N–H and O–H groups in total. The number of aromatic nitrogens is 4. The first kappa shape index (κ1) is 16.6. The minimum Gasteiger partial charge on any atom is -0.339 e. The third-order valence-electron chi connectivity index (χ3n) is 4.94. The minimum atomic E-state index is -0.189. The van der Waals surface area contributed by atoms with Crippen molar-refractivity contribution >= 4 is 22.6 Å². The van der Waals surface area contributed by atoms with Gasteiger partial charge in [-0.05, 0) is 38.0 Å². The number of carbonyl (C=O) groups excluding carboxylic acids is 1. The van der Waals surface area contributed by atoms with Crippen molar-refractivity contribution in [3.8, 4) is 0 Å². The molecule has 0 radical (unpaired) electrons. The van der Waals surface area contributed by atoms with Gasteiger partial charge in [-0.1, -0.05) is 11.6 Å². The van der Waals surface area contributed by atoms with E-state index in [-0.39, 0.29) is 6.03 Å². The Labute approximate surface area is 151 Å². The van der Waals surface area contributed by atoms with Crippen LogP contribution in [0.1, 0.15) is 43.8 Å². The number of hydrogen-bond acceptors (Lipinski definition) is 5. The molecule has 8 heteroatoms. The quantitative estimate of drug-likeness (QED) is 0.759. The molecule has 2 amide bonds. The molecule has 3 aromatic rings. The van der Waals surface area contributed by atoms with Crippen LogP contribution in [0.5, 0.6) is 0 Å². The van der Waals surface area contributed by atoms with Gasteiger partial charge in [-0.2, -0.15) is 10.1 Å². The van der Waals surface area contributed by atoms with Gasteiger partial charge in [0.05, 0.1) is 18.3 Å². The second-order valence-electron chi connectivity index (χ2n) is 6.66. The fourth-order valence-corrected chi connectivity index (χ4v) is 3.09. The van der Waals surface area contributed by atoms with Crippen LogP contribution in [-0.4, -0.2) is 37.4 Å². The molecule has 1 saturated carbocycles. The molecule has 0 unspecified atom stereocenters. The van der Waals surface area contributed by atoms with Crippen molar-refractivity contribution in [2.75, 3.05) is 11.9 Å². The molecule has 0 spiro atoms. The Kier molecular flexibility index (Phi) is 4.32. The van der Waals surface area contributed by atoms with Gasteiger partial charge in [-0.15, -0.1) is 0 Å². The summed E-state index contributed by atoms with van der Waals surface area (Å²) in [5.41, 5.74) is 1.75. The zero-order valence-corrected chi connectivity index (χ0v) is 15.0. The maximum atomic E-state index is 12.6. The van der Waals surface area contributed by atoms with E-state index in [1.165, 1.54) is 6.42 Å². The number of carbonyl (C=O) groups is 1. The first-order valence-electron chi connectivity index (χ1n) is 8.94. The number of rotatable bonds is 5. The standard InChI is InChI=1S/C18H22N6O2/c1-3-24(11-16-21-17(26-22-16)12-5-4-6-12)18(25)20-14-7-8-15-13(9-14)10-19-23(15)2/h7-10,12H,3-6,11H2,1-2H3,(H,20,25). The smallest absolute Gasteiger partial charge is 0.322 e. The number of anilines is 1. The van der Waals surface area contributed by atoms with E-state index in [2.05, 4.69) is 20.6 Å². The Balaban J connectivity index is 1.43. The fraction of sp³-hybridized carbons (Fsp3) is 0.444. The van der Waals surface area contributed by atoms with Crippen molar-refractivity contribution in [3.63, 3.8) is 0 Å². The summed E-state index contributed by atoms with van der Waals surface area (Å²) in [4.78, 5) is 18.7. The van der Waals surface area contributed by atoms with Crippen LogP contribution < -0.4 is 5.32 Å². The first-order chi connectivity index (χ1) is 12.6. The zero-order chi connectivity index (χ0) is 18.1. The largest absolute Gasteiger partial charge is 0.339 e. The van der Waals surface area contributed by atoms with Crippen LogP contribution in [0.15, 0.2) is 28.9 Å². The van der Waals surface area contributed by atoms with Crippen LogP contribution in [0.25, 0.3) is 10.9 Å². The monoisotopic (exact) mass is 354 g/mol. The molecule has 8 nitrogen and oxygen atoms in total. The lowest BCUT2D eigenvalue weighted by Crippen LogP contribution is -2.34. The van der Waals surface area contributed by atoms with Crippen LogP contribution in [0, 0.1) is 0 Å². The molecule has 2 aromatic heterocycles. The summed E-state index contributed by atoms with van der Waals surface area (Å²) in [7, 11) is 1.89. The summed E-state index contributed by atoms with van der Waals surface area (Å²) < 4.78 is 7.13. The Morgan fingerprint density at radius 1 is 1.42 bits per heavy atom. The second kappa shape index (κ2) is 6.78. The summed E-state index contributed by atoms with van der Waals surface area (Å²) in [6.45, 7) is 2.80. The third kappa shape index (κ3) is 3.14. The Hall–Kier alpha value is -2.90. The molecular weight excluding hydrogens is 332 g/mol. The van der Waals surface area contributed by atoms with Crippen molar-refractivity contribution in [1.82, 2.24) is 24.8 Å². The highest BCUT2D eigenvalue weighted by atomic mass is 16.5. The van der Waals surface area contributed by atoms with Gasteiger partial charge in [0.15, 0.2) is 5.82 Å². The van der Waals surface area contributed by atoms with Crippen LogP contribution in [-0.2, 0) is 13.6 Å². The van der Waals surface area contributed by atoms with Gasteiger partial charge in [0, 0.05) is 30.6 Å². The van der Waals surface area contributed by atoms with E-state index in [1.54, 1.807) is 15.8 Å². The number of aryl methyl sites for hydroxylation is 1. The van der Waals surface area contributed by atoms with Crippen LogP contribution in [0.2, 0.25) is 0 Å². The Bertz CT molecular complexity index is 927. The van der Waals surface area contributed by atoms with E-state index in [4.69, 9.17) is 4.52 Å². The molecule has 0 saturated heterocycles. The normalized spacial score (nSPS) is 14.4. The van der Waals surface area contributed by atoms with E-state index in [1.807, 2.05) is 32.2 Å². The molecule has 0 aliphatic heterocycles. The van der Waals surface area contributed by atoms with Gasteiger partial charge >= 0.3 is 6.03 Å². The highest BCUT2D eigenvalue weighted by Crippen LogP contribution is 2.35. The van der Waals surface area contributed by atoms with Gasteiger partial charge in [0.25, 0.3) is 0 Å². The molecule has 0 bridgehead atoms. The number of nitrogens with zero attached hydrogens (tertiary/aromatic N) is 5. The molecule has 136 valence electrons. The Morgan fingerprint density at radius 2 is 2.27 bits per heavy atom. The summed E-state index contributed by atoms with van der Waals surface area (Å²) in [6.07, 6.45) is 5.21. The van der Waals surface area contributed by atoms with Crippen molar-refractivity contribution in [2.24, 2.45) is 7.05 Å². The predicted molar refractivity (Wildman–Crippen MR) is 96.7 cm³/mol. The number of urea groups is 1. The predicted octanol–water partition coefficient (Wildman–Crippen LogP) is 3.28. The highest BCUT2D eigenvalue weighted by molar-refractivity contribution is 5.92. The van der Waals surface area contributed by atoms with Crippen molar-refractivity contribution in [3.05, 3.63) is 36.1 Å². The first-order valence-corrected chi connectivity index (χ1v) is 8.94. The maximum absolute atomic E-state index is 12.6. The lowest BCUT2D eigenvalue weighted by atomic mass is 9.85. The average Bonchev–Trinajstić information content (AvgIpc) is 3.18. The lowest BCUT2D eigenvalue weighted by Gasteiger charge is -2.21. The number of nitrogens with one attached hydrogen (secondary N) is 1. The van der Waals surface area contributed by atoms with E-state index < -0.39 is 0 Å². The molecule has 2 heterocycles. The summed E-state index contributed by atoms with van der Waals surface area (Å²) in [5.74, 6) is 1.64. The second-order valence-corrected chi connectivity index (χ2v) is 6.66. The minimum absolute atomic E-state index is 0.189. The van der Waals surface area contributed by atoms with Crippen molar-refractivity contribution in [1.29, 1.82) is 0 Å². The van der Waals surface area contributed by atoms with Gasteiger partial charge in [0.2, 0.25) is 5.89 Å². The third-order valence-corrected chi connectivity index (χ3v) is 4.94. The van der Waals surface area contributed by atoms with E-state index in [9.17, 15) is 4.79 Å². The van der Waals surface area contributed by atoms with Gasteiger partial charge in [-0.25, -0.2) is 4.79 Å². The average molecular weight is 354 g/mol. The zero-order valence-electron chi connectivity index (χ0n) is 15.0. The van der Waals surface area contributed by atoms with Crippen molar-refractivity contribution in [2.45, 2.75) is 38.6 Å². The molecule has 26 heavy (non-hydrogen) atoms. The molecule has 1 fully saturated rings. The van der Waals surface area contributed by atoms with E-state index in [0.717, 1.165) is 29.4 Å². The molecular formula is C18H22N6O2. The summed E-state index contributed by atoms with van der Waals surface area (Å²) in [6, 6.07) is 5.54. The topological polar surface area (TPSA) is 89.1 Å².